The molecule has 0 bridgehead atoms. The first kappa shape index (κ1) is 16.3. The molecule has 19 heavy (non-hydrogen) atoms. The number of aryl methyl sites for hydroxylation is 1. The molecule has 1 aromatic heterocycles. The Morgan fingerprint density at radius 1 is 1.16 bits per heavy atom. The molecular formula is C14H26NO3Si+. The molecule has 0 aliphatic rings. The smallest absolute Gasteiger partial charge is 0.377 e. The molecule has 1 heterocycles. The van der Waals surface area contributed by atoms with Gasteiger partial charge in [-0.05, 0) is 6.42 Å². The van der Waals surface area contributed by atoms with Gasteiger partial charge in [0.2, 0.25) is 0 Å². The largest absolute Gasteiger partial charge is 0.506 e. The maximum atomic E-state index is 5.47. The molecule has 108 valence electrons. The molecule has 1 atom stereocenters. The van der Waals surface area contributed by atoms with E-state index in [4.69, 9.17) is 13.3 Å². The molecule has 1 aromatic rings. The second-order valence-electron chi connectivity index (χ2n) is 4.67. The molecule has 1 unspecified atom stereocenters. The highest BCUT2D eigenvalue weighted by molar-refractivity contribution is 6.60. The monoisotopic (exact) mass is 284 g/mol. The van der Waals surface area contributed by atoms with Crippen molar-refractivity contribution in [2.24, 2.45) is 0 Å². The third-order valence-electron chi connectivity index (χ3n) is 3.68. The van der Waals surface area contributed by atoms with Crippen molar-refractivity contribution >= 4 is 8.80 Å². The highest BCUT2D eigenvalue weighted by Gasteiger charge is 2.39. The van der Waals surface area contributed by atoms with E-state index < -0.39 is 8.80 Å². The summed E-state index contributed by atoms with van der Waals surface area (Å²) >= 11 is 0. The van der Waals surface area contributed by atoms with E-state index in [0.717, 1.165) is 19.0 Å². The highest BCUT2D eigenvalue weighted by Crippen LogP contribution is 2.16. The van der Waals surface area contributed by atoms with Crippen molar-refractivity contribution in [3.05, 3.63) is 30.1 Å². The molecule has 0 aliphatic heterocycles. The van der Waals surface area contributed by atoms with E-state index in [-0.39, 0.29) is 0 Å². The third-order valence-corrected chi connectivity index (χ3v) is 6.39. The number of hydrogen-bond acceptors (Lipinski definition) is 3. The first-order valence-corrected chi connectivity index (χ1v) is 8.69. The van der Waals surface area contributed by atoms with E-state index in [0.29, 0.717) is 5.92 Å². The summed E-state index contributed by atoms with van der Waals surface area (Å²) in [5, 5.41) is 0. The van der Waals surface area contributed by atoms with Gasteiger partial charge < -0.3 is 13.3 Å². The van der Waals surface area contributed by atoms with Crippen molar-refractivity contribution in [3.63, 3.8) is 0 Å². The summed E-state index contributed by atoms with van der Waals surface area (Å²) in [7, 11) is 2.48. The van der Waals surface area contributed by atoms with Gasteiger partial charge in [-0.2, -0.15) is 0 Å². The summed E-state index contributed by atoms with van der Waals surface area (Å²) in [6.45, 7) is 5.31. The van der Waals surface area contributed by atoms with Crippen LogP contribution in [0.2, 0.25) is 6.04 Å². The van der Waals surface area contributed by atoms with E-state index in [9.17, 15) is 0 Å². The maximum absolute atomic E-state index is 5.47. The Bertz CT molecular complexity index is 374. The fraction of sp³-hybridized carbons (Fsp3) is 0.643. The van der Waals surface area contributed by atoms with Gasteiger partial charge in [0.25, 0.3) is 0 Å². The number of pyridine rings is 1. The summed E-state index contributed by atoms with van der Waals surface area (Å²) in [5.41, 5.74) is 1.34. The molecule has 0 spiro atoms. The topological polar surface area (TPSA) is 31.6 Å². The Hall–Kier alpha value is -0.753. The van der Waals surface area contributed by atoms with E-state index in [1.165, 1.54) is 5.69 Å². The minimum absolute atomic E-state index is 0.546. The summed E-state index contributed by atoms with van der Waals surface area (Å²) in [6.07, 6.45) is 3.24. The summed E-state index contributed by atoms with van der Waals surface area (Å²) in [4.78, 5) is 0. The van der Waals surface area contributed by atoms with E-state index in [1.54, 1.807) is 21.3 Å². The van der Waals surface area contributed by atoms with Gasteiger partial charge in [0.05, 0.1) is 6.04 Å². The molecule has 0 amide bonds. The van der Waals surface area contributed by atoms with Crippen LogP contribution in [0.4, 0.5) is 0 Å². The number of rotatable bonds is 8. The second-order valence-corrected chi connectivity index (χ2v) is 7.76. The van der Waals surface area contributed by atoms with Crippen molar-refractivity contribution in [2.45, 2.75) is 38.8 Å². The number of aromatic nitrogens is 1. The van der Waals surface area contributed by atoms with Crippen LogP contribution in [0.5, 0.6) is 0 Å². The molecule has 0 fully saturated rings. The first-order valence-electron chi connectivity index (χ1n) is 6.76. The van der Waals surface area contributed by atoms with Gasteiger partial charge in [0.1, 0.15) is 0 Å². The molecule has 0 saturated heterocycles. The zero-order chi connectivity index (χ0) is 14.3. The first-order chi connectivity index (χ1) is 9.12. The van der Waals surface area contributed by atoms with Crippen molar-refractivity contribution in [1.29, 1.82) is 0 Å². The molecule has 1 rings (SSSR count). The van der Waals surface area contributed by atoms with Crippen molar-refractivity contribution < 1.29 is 17.8 Å². The molecule has 0 aromatic carbocycles. The standard InChI is InChI=1S/C14H26NO3Si/c1-6-13(2)14-9-7-8-10-15(14)11-12-19(16-3,17-4)18-5/h7-10,13H,6,11-12H2,1-5H3/q+1. The summed E-state index contributed by atoms with van der Waals surface area (Å²) in [6, 6.07) is 7.10. The van der Waals surface area contributed by atoms with Crippen molar-refractivity contribution in [2.75, 3.05) is 21.3 Å². The van der Waals surface area contributed by atoms with Gasteiger partial charge in [-0.3, -0.25) is 0 Å². The Morgan fingerprint density at radius 2 is 1.79 bits per heavy atom. The van der Waals surface area contributed by atoms with E-state index in [1.807, 2.05) is 0 Å². The lowest BCUT2D eigenvalue weighted by Gasteiger charge is -2.23. The lowest BCUT2D eigenvalue weighted by Crippen LogP contribution is -2.48. The lowest BCUT2D eigenvalue weighted by molar-refractivity contribution is -0.702. The summed E-state index contributed by atoms with van der Waals surface area (Å²) in [5.74, 6) is 0.546. The van der Waals surface area contributed by atoms with Gasteiger partial charge in [0, 0.05) is 39.4 Å². The summed E-state index contributed by atoms with van der Waals surface area (Å²) < 4.78 is 18.7. The Kier molecular flexibility index (Phi) is 6.64. The van der Waals surface area contributed by atoms with Crippen LogP contribution < -0.4 is 4.57 Å². The van der Waals surface area contributed by atoms with Crippen LogP contribution >= 0.6 is 0 Å². The lowest BCUT2D eigenvalue weighted by atomic mass is 10.0. The minimum atomic E-state index is -2.49. The Labute approximate surface area is 117 Å². The molecule has 4 nitrogen and oxygen atoms in total. The molecule has 0 saturated carbocycles. The SMILES string of the molecule is CCC(C)c1cccc[n+]1CC[Si](OC)(OC)OC. The van der Waals surface area contributed by atoms with Crippen LogP contribution in [-0.4, -0.2) is 30.1 Å². The molecular weight excluding hydrogens is 258 g/mol. The molecule has 0 N–H and O–H groups in total. The Balaban J connectivity index is 2.82. The van der Waals surface area contributed by atoms with Gasteiger partial charge in [-0.25, -0.2) is 4.57 Å². The highest BCUT2D eigenvalue weighted by atomic mass is 28.4. The van der Waals surface area contributed by atoms with Crippen molar-refractivity contribution in [3.8, 4) is 0 Å². The van der Waals surface area contributed by atoms with Gasteiger partial charge >= 0.3 is 8.80 Å². The number of hydrogen-bond donors (Lipinski definition) is 0. The second kappa shape index (κ2) is 7.74. The van der Waals surface area contributed by atoms with Crippen LogP contribution in [0.25, 0.3) is 0 Å². The van der Waals surface area contributed by atoms with E-state index >= 15 is 0 Å². The molecule has 5 heteroatoms. The van der Waals surface area contributed by atoms with E-state index in [2.05, 4.69) is 42.8 Å². The Morgan fingerprint density at radius 3 is 2.32 bits per heavy atom. The van der Waals surface area contributed by atoms with Crippen molar-refractivity contribution in [1.82, 2.24) is 0 Å². The normalized spacial score (nSPS) is 13.5. The average molecular weight is 284 g/mol. The zero-order valence-corrected chi connectivity index (χ0v) is 13.7. The molecule has 0 aliphatic carbocycles. The molecule has 0 radical (unpaired) electrons. The van der Waals surface area contributed by atoms with Gasteiger partial charge in [-0.15, -0.1) is 0 Å². The van der Waals surface area contributed by atoms with Crippen LogP contribution in [0.3, 0.4) is 0 Å². The van der Waals surface area contributed by atoms with Gasteiger partial charge in [-0.1, -0.05) is 19.9 Å². The quantitative estimate of drug-likeness (QED) is 0.542. The van der Waals surface area contributed by atoms with Crippen LogP contribution in [0, 0.1) is 0 Å². The predicted molar refractivity (Wildman–Crippen MR) is 76.9 cm³/mol. The average Bonchev–Trinajstić information content (AvgIpc) is 2.49. The van der Waals surface area contributed by atoms with Crippen LogP contribution in [0.15, 0.2) is 24.4 Å². The number of nitrogens with zero attached hydrogens (tertiary/aromatic N) is 1. The third kappa shape index (κ3) is 4.11. The minimum Gasteiger partial charge on any atom is -0.377 e. The zero-order valence-electron chi connectivity index (χ0n) is 12.7. The van der Waals surface area contributed by atoms with Crippen LogP contribution in [0.1, 0.15) is 31.9 Å². The fourth-order valence-electron chi connectivity index (χ4n) is 2.16. The predicted octanol–water partition coefficient (Wildman–Crippen LogP) is 2.37. The maximum Gasteiger partial charge on any atom is 0.506 e. The van der Waals surface area contributed by atoms with Gasteiger partial charge in [0.15, 0.2) is 18.4 Å². The fourth-order valence-corrected chi connectivity index (χ4v) is 3.79. The van der Waals surface area contributed by atoms with Crippen LogP contribution in [-0.2, 0) is 19.8 Å².